The van der Waals surface area contributed by atoms with Crippen LogP contribution in [0.15, 0.2) is 183 Å². The summed E-state index contributed by atoms with van der Waals surface area (Å²) in [5, 5.41) is 4.36. The van der Waals surface area contributed by atoms with Crippen molar-refractivity contribution in [3.63, 3.8) is 0 Å². The molecular weight excluding hydrogens is 669 g/mol. The Morgan fingerprint density at radius 3 is 1.61 bits per heavy atom. The van der Waals surface area contributed by atoms with E-state index >= 15 is 0 Å². The topological polar surface area (TPSA) is 81.3 Å². The lowest BCUT2D eigenvalue weighted by molar-refractivity contribution is 0.619. The van der Waals surface area contributed by atoms with E-state index in [-0.39, 0.29) is 0 Å². The number of nitrogens with zero attached hydrogens (tertiary/aromatic N) is 4. The van der Waals surface area contributed by atoms with Gasteiger partial charge < -0.3 is 18.2 Å². The molecule has 0 spiro atoms. The fourth-order valence-electron chi connectivity index (χ4n) is 7.30. The standard InChI is InChI=1S/C47H28N4O3/c1-3-7-43-40(5-1)49-46(53-43)29-11-17-35(18-12-29)51(36-19-13-30(14-20-36)47-50-41-6-2-4-8-44(41)54-47)37-21-15-32-25-31(9-10-33(32)26-37)34-16-22-38-39-28-48-24-23-42(39)52-45(38)27-34/h1-28H. The lowest BCUT2D eigenvalue weighted by Gasteiger charge is -2.26. The molecule has 0 saturated heterocycles. The number of fused-ring (bicyclic) bond motifs is 6. The fourth-order valence-corrected chi connectivity index (χ4v) is 7.30. The number of aromatic nitrogens is 3. The van der Waals surface area contributed by atoms with Crippen molar-refractivity contribution in [2.24, 2.45) is 0 Å². The Kier molecular flexibility index (Phi) is 6.72. The number of hydrogen-bond acceptors (Lipinski definition) is 7. The average molecular weight is 697 g/mol. The Morgan fingerprint density at radius 2 is 0.944 bits per heavy atom. The van der Waals surface area contributed by atoms with Crippen LogP contribution in [0.2, 0.25) is 0 Å². The Bertz CT molecular complexity index is 2990. The molecule has 4 aromatic heterocycles. The highest BCUT2D eigenvalue weighted by Gasteiger charge is 2.17. The van der Waals surface area contributed by atoms with E-state index in [9.17, 15) is 0 Å². The average Bonchev–Trinajstić information content (AvgIpc) is 3.96. The van der Waals surface area contributed by atoms with Crippen molar-refractivity contribution in [3.8, 4) is 34.0 Å². The molecule has 0 aliphatic carbocycles. The highest BCUT2D eigenvalue weighted by Crippen LogP contribution is 2.39. The van der Waals surface area contributed by atoms with Gasteiger partial charge in [-0.1, -0.05) is 48.5 Å². The molecule has 0 unspecified atom stereocenters. The smallest absolute Gasteiger partial charge is 0.227 e. The van der Waals surface area contributed by atoms with E-state index in [4.69, 9.17) is 23.2 Å². The molecule has 0 aliphatic rings. The Morgan fingerprint density at radius 1 is 0.389 bits per heavy atom. The van der Waals surface area contributed by atoms with Crippen LogP contribution >= 0.6 is 0 Å². The van der Waals surface area contributed by atoms with Gasteiger partial charge in [0.2, 0.25) is 11.8 Å². The number of rotatable bonds is 6. The summed E-state index contributed by atoms with van der Waals surface area (Å²) in [6.45, 7) is 0. The highest BCUT2D eigenvalue weighted by molar-refractivity contribution is 6.05. The van der Waals surface area contributed by atoms with E-state index < -0.39 is 0 Å². The van der Waals surface area contributed by atoms with Gasteiger partial charge in [0, 0.05) is 51.4 Å². The van der Waals surface area contributed by atoms with Crippen molar-refractivity contribution in [1.29, 1.82) is 0 Å². The normalized spacial score (nSPS) is 11.7. The van der Waals surface area contributed by atoms with Crippen LogP contribution in [0.1, 0.15) is 0 Å². The highest BCUT2D eigenvalue weighted by atomic mass is 16.4. The molecule has 7 aromatic carbocycles. The largest absolute Gasteiger partial charge is 0.456 e. The van der Waals surface area contributed by atoms with Crippen LogP contribution in [0, 0.1) is 0 Å². The van der Waals surface area contributed by atoms with E-state index in [0.29, 0.717) is 11.8 Å². The summed E-state index contributed by atoms with van der Waals surface area (Å²) in [5.74, 6) is 1.19. The lowest BCUT2D eigenvalue weighted by Crippen LogP contribution is -2.09. The molecular formula is C47H28N4O3. The van der Waals surface area contributed by atoms with Crippen LogP contribution in [0.5, 0.6) is 0 Å². The van der Waals surface area contributed by atoms with Crippen LogP contribution < -0.4 is 4.90 Å². The number of furan rings is 1. The van der Waals surface area contributed by atoms with Gasteiger partial charge in [-0.3, -0.25) is 4.98 Å². The molecule has 7 nitrogen and oxygen atoms in total. The minimum atomic E-state index is 0.593. The molecule has 54 heavy (non-hydrogen) atoms. The zero-order valence-electron chi connectivity index (χ0n) is 28.7. The molecule has 0 atom stereocenters. The number of anilines is 3. The van der Waals surface area contributed by atoms with Gasteiger partial charge >= 0.3 is 0 Å². The first-order valence-electron chi connectivity index (χ1n) is 17.7. The first kappa shape index (κ1) is 30.1. The number of pyridine rings is 1. The van der Waals surface area contributed by atoms with E-state index in [2.05, 4.69) is 113 Å². The second kappa shape index (κ2) is 12.0. The van der Waals surface area contributed by atoms with Crippen molar-refractivity contribution in [2.75, 3.05) is 4.90 Å². The molecule has 4 heterocycles. The molecule has 11 aromatic rings. The monoisotopic (exact) mass is 696 g/mol. The molecule has 0 N–H and O–H groups in total. The van der Waals surface area contributed by atoms with Crippen LogP contribution in [-0.2, 0) is 0 Å². The van der Waals surface area contributed by atoms with Crippen LogP contribution in [-0.4, -0.2) is 15.0 Å². The van der Waals surface area contributed by atoms with Gasteiger partial charge in [-0.05, 0) is 131 Å². The third kappa shape index (κ3) is 5.10. The molecule has 11 rings (SSSR count). The Balaban J connectivity index is 0.972. The van der Waals surface area contributed by atoms with E-state index in [1.807, 2.05) is 60.8 Å². The summed E-state index contributed by atoms with van der Waals surface area (Å²) in [4.78, 5) is 16.0. The van der Waals surface area contributed by atoms with E-state index in [1.54, 1.807) is 6.20 Å². The van der Waals surface area contributed by atoms with Gasteiger partial charge in [-0.2, -0.15) is 0 Å². The van der Waals surface area contributed by atoms with E-state index in [1.165, 1.54) is 0 Å². The maximum atomic E-state index is 6.16. The summed E-state index contributed by atoms with van der Waals surface area (Å²) in [5.41, 5.74) is 12.0. The maximum absolute atomic E-state index is 6.16. The summed E-state index contributed by atoms with van der Waals surface area (Å²) >= 11 is 0. The summed E-state index contributed by atoms with van der Waals surface area (Å²) in [6.07, 6.45) is 3.62. The lowest BCUT2D eigenvalue weighted by atomic mass is 9.99. The minimum absolute atomic E-state index is 0.593. The molecule has 254 valence electrons. The van der Waals surface area contributed by atoms with Crippen molar-refractivity contribution in [3.05, 3.63) is 170 Å². The van der Waals surface area contributed by atoms with Gasteiger partial charge in [0.25, 0.3) is 0 Å². The second-order valence-electron chi connectivity index (χ2n) is 13.3. The Labute approximate surface area is 308 Å². The van der Waals surface area contributed by atoms with Gasteiger partial charge in [0.1, 0.15) is 22.2 Å². The predicted molar refractivity (Wildman–Crippen MR) is 215 cm³/mol. The SMILES string of the molecule is c1ccc2oc(-c3ccc(N(c4ccc(-c5nc6ccccc6o5)cc4)c4ccc5cc(-c6ccc7c(c6)oc6ccncc67)ccc5c4)cc3)nc2c1. The van der Waals surface area contributed by atoms with Crippen LogP contribution in [0.3, 0.4) is 0 Å². The van der Waals surface area contributed by atoms with Crippen LogP contribution in [0.4, 0.5) is 17.1 Å². The van der Waals surface area contributed by atoms with Gasteiger partial charge in [0.05, 0.1) is 0 Å². The van der Waals surface area contributed by atoms with Crippen molar-refractivity contribution in [2.45, 2.75) is 0 Å². The number of hydrogen-bond donors (Lipinski definition) is 0. The van der Waals surface area contributed by atoms with Crippen molar-refractivity contribution in [1.82, 2.24) is 15.0 Å². The zero-order valence-corrected chi connectivity index (χ0v) is 28.7. The molecule has 7 heteroatoms. The first-order chi connectivity index (χ1) is 26.7. The molecule has 0 radical (unpaired) electrons. The second-order valence-corrected chi connectivity index (χ2v) is 13.3. The number of benzene rings is 7. The fraction of sp³-hybridized carbons (Fsp3) is 0. The summed E-state index contributed by atoms with van der Waals surface area (Å²) < 4.78 is 18.3. The third-order valence-electron chi connectivity index (χ3n) is 10.0. The molecule has 0 bridgehead atoms. The van der Waals surface area contributed by atoms with Gasteiger partial charge in [-0.15, -0.1) is 0 Å². The molecule has 0 aliphatic heterocycles. The maximum Gasteiger partial charge on any atom is 0.227 e. The van der Waals surface area contributed by atoms with E-state index in [0.717, 1.165) is 94.2 Å². The summed E-state index contributed by atoms with van der Waals surface area (Å²) in [6, 6.07) is 53.8. The van der Waals surface area contributed by atoms with Gasteiger partial charge in [0.15, 0.2) is 11.2 Å². The molecule has 0 amide bonds. The molecule has 0 saturated carbocycles. The Hall–Kier alpha value is -7.51. The summed E-state index contributed by atoms with van der Waals surface area (Å²) in [7, 11) is 0. The minimum Gasteiger partial charge on any atom is -0.456 e. The number of para-hydroxylation sites is 4. The zero-order chi connectivity index (χ0) is 35.6. The quantitative estimate of drug-likeness (QED) is 0.171. The molecule has 0 fully saturated rings. The van der Waals surface area contributed by atoms with Crippen molar-refractivity contribution >= 4 is 72.0 Å². The predicted octanol–water partition coefficient (Wildman–Crippen LogP) is 12.9. The number of oxazole rings is 2. The van der Waals surface area contributed by atoms with Crippen molar-refractivity contribution < 1.29 is 13.3 Å². The first-order valence-corrected chi connectivity index (χ1v) is 17.7. The third-order valence-corrected chi connectivity index (χ3v) is 10.0. The van der Waals surface area contributed by atoms with Crippen LogP contribution in [0.25, 0.3) is 88.9 Å². The van der Waals surface area contributed by atoms with Gasteiger partial charge in [-0.25, -0.2) is 9.97 Å².